The van der Waals surface area contributed by atoms with Crippen LogP contribution in [0.2, 0.25) is 0 Å². The van der Waals surface area contributed by atoms with Gasteiger partial charge in [0.1, 0.15) is 11.6 Å². The Balaban J connectivity index is 2.27. The minimum absolute atomic E-state index is 0.132. The van der Waals surface area contributed by atoms with Gasteiger partial charge in [0.05, 0.1) is 0 Å². The molecule has 0 aliphatic heterocycles. The van der Waals surface area contributed by atoms with Crippen molar-refractivity contribution < 1.29 is 4.79 Å². The Labute approximate surface area is 124 Å². The molecule has 104 valence electrons. The average molecular weight is 276 g/mol. The number of hydrogen-bond acceptors (Lipinski definition) is 2. The lowest BCUT2D eigenvalue weighted by Crippen LogP contribution is -2.22. The van der Waals surface area contributed by atoms with E-state index < -0.39 is 0 Å². The van der Waals surface area contributed by atoms with Crippen LogP contribution in [0, 0.1) is 11.3 Å². The van der Waals surface area contributed by atoms with Crippen LogP contribution in [0.25, 0.3) is 17.2 Å². The van der Waals surface area contributed by atoms with Crippen molar-refractivity contribution in [3.63, 3.8) is 0 Å². The van der Waals surface area contributed by atoms with Crippen LogP contribution in [-0.4, -0.2) is 24.9 Å². The van der Waals surface area contributed by atoms with Gasteiger partial charge in [0.2, 0.25) is 0 Å². The van der Waals surface area contributed by atoms with Gasteiger partial charge in [-0.3, -0.25) is 4.79 Å². The lowest BCUT2D eigenvalue weighted by Gasteiger charge is -2.08. The third kappa shape index (κ3) is 3.58. The molecule has 0 radical (unpaired) electrons. The summed E-state index contributed by atoms with van der Waals surface area (Å²) in [6.07, 6.45) is 1.61. The van der Waals surface area contributed by atoms with Gasteiger partial charge in [0, 0.05) is 14.1 Å². The highest BCUT2D eigenvalue weighted by Gasteiger charge is 2.10. The van der Waals surface area contributed by atoms with Gasteiger partial charge in [-0.05, 0) is 22.8 Å². The number of likely N-dealkylation sites (N-methyl/N-ethyl adjacent to an activating group) is 1. The van der Waals surface area contributed by atoms with E-state index in [0.29, 0.717) is 0 Å². The predicted molar refractivity (Wildman–Crippen MR) is 84.2 cm³/mol. The second-order valence-electron chi connectivity index (χ2n) is 4.86. The highest BCUT2D eigenvalue weighted by molar-refractivity contribution is 6.01. The van der Waals surface area contributed by atoms with Crippen LogP contribution >= 0.6 is 0 Å². The monoisotopic (exact) mass is 276 g/mol. The van der Waals surface area contributed by atoms with E-state index in [9.17, 15) is 4.79 Å². The molecule has 2 aromatic rings. The molecule has 2 rings (SSSR count). The molecule has 0 aromatic heterocycles. The molecule has 1 amide bonds. The number of benzene rings is 2. The molecule has 0 bridgehead atoms. The van der Waals surface area contributed by atoms with Gasteiger partial charge in [-0.2, -0.15) is 5.26 Å². The highest BCUT2D eigenvalue weighted by atomic mass is 16.2. The summed E-state index contributed by atoms with van der Waals surface area (Å²) in [5.74, 6) is -0.287. The van der Waals surface area contributed by atoms with Crippen molar-refractivity contribution in [2.45, 2.75) is 0 Å². The summed E-state index contributed by atoms with van der Waals surface area (Å²) < 4.78 is 0. The molecule has 0 spiro atoms. The topological polar surface area (TPSA) is 44.1 Å². The Kier molecular flexibility index (Phi) is 4.53. The van der Waals surface area contributed by atoms with Crippen molar-refractivity contribution in [1.29, 1.82) is 5.26 Å². The maximum atomic E-state index is 11.8. The van der Waals surface area contributed by atoms with E-state index in [1.54, 1.807) is 20.2 Å². The van der Waals surface area contributed by atoms with Crippen LogP contribution in [0.15, 0.2) is 60.2 Å². The molecule has 0 saturated carbocycles. The first-order chi connectivity index (χ1) is 10.1. The van der Waals surface area contributed by atoms with Crippen molar-refractivity contribution in [2.75, 3.05) is 14.1 Å². The second kappa shape index (κ2) is 6.53. The number of rotatable bonds is 3. The van der Waals surface area contributed by atoms with Crippen LogP contribution in [0.3, 0.4) is 0 Å². The van der Waals surface area contributed by atoms with Gasteiger partial charge in [0.15, 0.2) is 0 Å². The smallest absolute Gasteiger partial charge is 0.264 e. The Hall–Kier alpha value is -2.86. The quantitative estimate of drug-likeness (QED) is 0.637. The Morgan fingerprint density at radius 1 is 1.00 bits per heavy atom. The molecule has 0 N–H and O–H groups in total. The third-order valence-corrected chi connectivity index (χ3v) is 3.09. The molecule has 0 aliphatic rings. The Morgan fingerprint density at radius 3 is 2.10 bits per heavy atom. The molecule has 0 aliphatic carbocycles. The first-order valence-corrected chi connectivity index (χ1v) is 6.61. The molecule has 3 heteroatoms. The van der Waals surface area contributed by atoms with Crippen LogP contribution < -0.4 is 0 Å². The van der Waals surface area contributed by atoms with Crippen molar-refractivity contribution in [3.05, 3.63) is 65.7 Å². The number of carbonyl (C=O) groups excluding carboxylic acids is 1. The zero-order valence-electron chi connectivity index (χ0n) is 12.1. The normalized spacial score (nSPS) is 10.8. The first kappa shape index (κ1) is 14.5. The van der Waals surface area contributed by atoms with Crippen molar-refractivity contribution in [3.8, 4) is 17.2 Å². The van der Waals surface area contributed by atoms with Crippen molar-refractivity contribution >= 4 is 12.0 Å². The maximum absolute atomic E-state index is 11.8. The van der Waals surface area contributed by atoms with E-state index in [-0.39, 0.29) is 11.5 Å². The summed E-state index contributed by atoms with van der Waals surface area (Å²) in [4.78, 5) is 13.2. The van der Waals surface area contributed by atoms with Gasteiger partial charge in [-0.25, -0.2) is 0 Å². The zero-order chi connectivity index (χ0) is 15.2. The van der Waals surface area contributed by atoms with E-state index in [1.165, 1.54) is 4.90 Å². The zero-order valence-corrected chi connectivity index (χ0v) is 12.1. The Bertz CT molecular complexity index is 692. The summed E-state index contributed by atoms with van der Waals surface area (Å²) in [6, 6.07) is 19.8. The number of carbonyl (C=O) groups is 1. The molecule has 0 unspecified atom stereocenters. The lowest BCUT2D eigenvalue weighted by molar-refractivity contribution is -0.124. The van der Waals surface area contributed by atoms with Crippen LogP contribution in [0.1, 0.15) is 5.56 Å². The second-order valence-corrected chi connectivity index (χ2v) is 4.86. The van der Waals surface area contributed by atoms with E-state index >= 15 is 0 Å². The fourth-order valence-corrected chi connectivity index (χ4v) is 1.95. The number of nitrogens with zero attached hydrogens (tertiary/aromatic N) is 2. The van der Waals surface area contributed by atoms with Gasteiger partial charge in [0.25, 0.3) is 5.91 Å². The van der Waals surface area contributed by atoms with Gasteiger partial charge in [-0.1, -0.05) is 54.6 Å². The summed E-state index contributed by atoms with van der Waals surface area (Å²) in [7, 11) is 3.26. The van der Waals surface area contributed by atoms with Crippen molar-refractivity contribution in [2.24, 2.45) is 0 Å². The molecule has 21 heavy (non-hydrogen) atoms. The molecule has 0 saturated heterocycles. The van der Waals surface area contributed by atoms with E-state index in [4.69, 9.17) is 5.26 Å². The maximum Gasteiger partial charge on any atom is 0.264 e. The minimum atomic E-state index is -0.287. The summed E-state index contributed by atoms with van der Waals surface area (Å²) >= 11 is 0. The van der Waals surface area contributed by atoms with Crippen LogP contribution in [-0.2, 0) is 4.79 Å². The first-order valence-electron chi connectivity index (χ1n) is 6.61. The average Bonchev–Trinajstić information content (AvgIpc) is 2.53. The molecule has 2 aromatic carbocycles. The number of amides is 1. The SMILES string of the molecule is CN(C)C(=O)/C(C#N)=C/c1ccc(-c2ccccc2)cc1. The largest absolute Gasteiger partial charge is 0.344 e. The molecule has 0 atom stereocenters. The number of hydrogen-bond donors (Lipinski definition) is 0. The third-order valence-electron chi connectivity index (χ3n) is 3.09. The molecular weight excluding hydrogens is 260 g/mol. The molecular formula is C18H16N2O. The fraction of sp³-hybridized carbons (Fsp3) is 0.111. The van der Waals surface area contributed by atoms with E-state index in [2.05, 4.69) is 0 Å². The Morgan fingerprint density at radius 2 is 1.57 bits per heavy atom. The lowest BCUT2D eigenvalue weighted by atomic mass is 10.0. The molecule has 0 heterocycles. The molecule has 0 fully saturated rings. The van der Waals surface area contributed by atoms with Gasteiger partial charge in [-0.15, -0.1) is 0 Å². The summed E-state index contributed by atoms with van der Waals surface area (Å²) in [6.45, 7) is 0. The molecule has 3 nitrogen and oxygen atoms in total. The number of nitriles is 1. The van der Waals surface area contributed by atoms with Gasteiger partial charge >= 0.3 is 0 Å². The fourth-order valence-electron chi connectivity index (χ4n) is 1.95. The highest BCUT2D eigenvalue weighted by Crippen LogP contribution is 2.20. The summed E-state index contributed by atoms with van der Waals surface area (Å²) in [5, 5.41) is 9.07. The minimum Gasteiger partial charge on any atom is -0.344 e. The van der Waals surface area contributed by atoms with Crippen LogP contribution in [0.5, 0.6) is 0 Å². The predicted octanol–water partition coefficient (Wildman–Crippen LogP) is 3.35. The van der Waals surface area contributed by atoms with E-state index in [1.807, 2.05) is 60.7 Å². The van der Waals surface area contributed by atoms with Crippen LogP contribution in [0.4, 0.5) is 0 Å². The van der Waals surface area contributed by atoms with E-state index in [0.717, 1.165) is 16.7 Å². The standard InChI is InChI=1S/C18H16N2O/c1-20(2)18(21)17(13-19)12-14-8-10-16(11-9-14)15-6-4-3-5-7-15/h3-12H,1-2H3/b17-12+. The summed E-state index contributed by atoms with van der Waals surface area (Å²) in [5.41, 5.74) is 3.21. The van der Waals surface area contributed by atoms with Gasteiger partial charge < -0.3 is 4.90 Å². The van der Waals surface area contributed by atoms with Crippen molar-refractivity contribution in [1.82, 2.24) is 4.90 Å².